The van der Waals surface area contributed by atoms with Gasteiger partial charge in [-0.15, -0.1) is 0 Å². The fourth-order valence-corrected chi connectivity index (χ4v) is 2.23. The Morgan fingerprint density at radius 1 is 1.50 bits per heavy atom. The maximum Gasteiger partial charge on any atom is 0.223 e. The standard InChI is InChI=1S/C13H18N2O/c1-10(12-7-4-8-14-9-12)15-13(16)11-5-2-3-6-11/h4,7-11H,2-3,5-6H2,1H3,(H,15,16). The molecule has 16 heavy (non-hydrogen) atoms. The first kappa shape index (κ1) is 11.1. The van der Waals surface area contributed by atoms with Crippen LogP contribution in [0.15, 0.2) is 24.5 Å². The molecule has 1 unspecified atom stereocenters. The summed E-state index contributed by atoms with van der Waals surface area (Å²) in [6, 6.07) is 3.95. The minimum absolute atomic E-state index is 0.0572. The molecule has 1 fully saturated rings. The highest BCUT2D eigenvalue weighted by Crippen LogP contribution is 2.25. The molecule has 0 saturated heterocycles. The van der Waals surface area contributed by atoms with Gasteiger partial charge in [0.2, 0.25) is 5.91 Å². The van der Waals surface area contributed by atoms with Gasteiger partial charge in [0.1, 0.15) is 0 Å². The molecule has 1 aromatic heterocycles. The van der Waals surface area contributed by atoms with E-state index in [-0.39, 0.29) is 17.9 Å². The van der Waals surface area contributed by atoms with Gasteiger partial charge in [-0.05, 0) is 31.4 Å². The molecule has 0 spiro atoms. The molecule has 0 radical (unpaired) electrons. The number of amides is 1. The molecule has 3 nitrogen and oxygen atoms in total. The Labute approximate surface area is 96.3 Å². The Balaban J connectivity index is 1.92. The Bertz CT molecular complexity index is 344. The van der Waals surface area contributed by atoms with E-state index in [4.69, 9.17) is 0 Å². The Morgan fingerprint density at radius 3 is 2.88 bits per heavy atom. The van der Waals surface area contributed by atoms with Crippen LogP contribution in [-0.2, 0) is 4.79 Å². The predicted molar refractivity (Wildman–Crippen MR) is 62.8 cm³/mol. The van der Waals surface area contributed by atoms with Crippen molar-refractivity contribution in [1.82, 2.24) is 10.3 Å². The average Bonchev–Trinajstić information content (AvgIpc) is 2.83. The number of rotatable bonds is 3. The second kappa shape index (κ2) is 5.10. The van der Waals surface area contributed by atoms with Crippen molar-refractivity contribution in [2.24, 2.45) is 5.92 Å². The highest BCUT2D eigenvalue weighted by Gasteiger charge is 2.23. The minimum atomic E-state index is 0.0572. The van der Waals surface area contributed by atoms with Gasteiger partial charge in [-0.2, -0.15) is 0 Å². The molecule has 3 heteroatoms. The molecule has 1 aliphatic carbocycles. The fraction of sp³-hybridized carbons (Fsp3) is 0.538. The molecular weight excluding hydrogens is 200 g/mol. The Morgan fingerprint density at radius 2 is 2.25 bits per heavy atom. The lowest BCUT2D eigenvalue weighted by Crippen LogP contribution is -2.31. The number of hydrogen-bond donors (Lipinski definition) is 1. The van der Waals surface area contributed by atoms with Crippen molar-refractivity contribution in [1.29, 1.82) is 0 Å². The summed E-state index contributed by atoms with van der Waals surface area (Å²) in [5.41, 5.74) is 1.06. The molecule has 1 aliphatic rings. The first-order chi connectivity index (χ1) is 7.77. The summed E-state index contributed by atoms with van der Waals surface area (Å²) in [7, 11) is 0. The van der Waals surface area contributed by atoms with Crippen molar-refractivity contribution in [3.63, 3.8) is 0 Å². The van der Waals surface area contributed by atoms with Gasteiger partial charge < -0.3 is 5.32 Å². The van der Waals surface area contributed by atoms with Crippen LogP contribution >= 0.6 is 0 Å². The SMILES string of the molecule is CC(NC(=O)C1CCCC1)c1cccnc1. The zero-order valence-corrected chi connectivity index (χ0v) is 9.65. The molecular formula is C13H18N2O. The Hall–Kier alpha value is -1.38. The van der Waals surface area contributed by atoms with Crippen molar-refractivity contribution < 1.29 is 4.79 Å². The second-order valence-electron chi connectivity index (χ2n) is 4.50. The number of hydrogen-bond acceptors (Lipinski definition) is 2. The van der Waals surface area contributed by atoms with Crippen molar-refractivity contribution in [3.05, 3.63) is 30.1 Å². The van der Waals surface area contributed by atoms with Crippen molar-refractivity contribution in [2.45, 2.75) is 38.6 Å². The van der Waals surface area contributed by atoms with Crippen molar-refractivity contribution in [2.75, 3.05) is 0 Å². The molecule has 1 aromatic rings. The number of nitrogens with one attached hydrogen (secondary N) is 1. The van der Waals surface area contributed by atoms with E-state index in [1.54, 1.807) is 12.4 Å². The topological polar surface area (TPSA) is 42.0 Å². The molecule has 86 valence electrons. The van der Waals surface area contributed by atoms with Crippen LogP contribution < -0.4 is 5.32 Å². The van der Waals surface area contributed by atoms with Gasteiger partial charge in [-0.25, -0.2) is 0 Å². The second-order valence-corrected chi connectivity index (χ2v) is 4.50. The third-order valence-electron chi connectivity index (χ3n) is 3.27. The maximum absolute atomic E-state index is 11.9. The van der Waals surface area contributed by atoms with Gasteiger partial charge >= 0.3 is 0 Å². The highest BCUT2D eigenvalue weighted by molar-refractivity contribution is 5.79. The van der Waals surface area contributed by atoms with Gasteiger partial charge in [-0.1, -0.05) is 18.9 Å². The van der Waals surface area contributed by atoms with E-state index >= 15 is 0 Å². The molecule has 2 rings (SSSR count). The third-order valence-corrected chi connectivity index (χ3v) is 3.27. The molecule has 1 saturated carbocycles. The summed E-state index contributed by atoms with van der Waals surface area (Å²) in [6.45, 7) is 2.00. The van der Waals surface area contributed by atoms with E-state index < -0.39 is 0 Å². The summed E-state index contributed by atoms with van der Waals surface area (Å²) < 4.78 is 0. The number of aromatic nitrogens is 1. The van der Waals surface area contributed by atoms with Gasteiger partial charge in [0.05, 0.1) is 6.04 Å². The summed E-state index contributed by atoms with van der Waals surface area (Å²) >= 11 is 0. The van der Waals surface area contributed by atoms with E-state index in [2.05, 4.69) is 10.3 Å². The highest BCUT2D eigenvalue weighted by atomic mass is 16.1. The first-order valence-corrected chi connectivity index (χ1v) is 5.97. The van der Waals surface area contributed by atoms with E-state index in [0.29, 0.717) is 0 Å². The predicted octanol–water partition coefficient (Wildman–Crippen LogP) is 2.45. The number of pyridine rings is 1. The van der Waals surface area contributed by atoms with Crippen molar-refractivity contribution >= 4 is 5.91 Å². The van der Waals surface area contributed by atoms with Crippen LogP contribution in [0.4, 0.5) is 0 Å². The first-order valence-electron chi connectivity index (χ1n) is 5.97. The van der Waals surface area contributed by atoms with Gasteiger partial charge in [0, 0.05) is 18.3 Å². The van der Waals surface area contributed by atoms with Gasteiger partial charge in [-0.3, -0.25) is 9.78 Å². The number of carbonyl (C=O) groups excluding carboxylic acids is 1. The average molecular weight is 218 g/mol. The molecule has 0 aromatic carbocycles. The lowest BCUT2D eigenvalue weighted by atomic mass is 10.1. The van der Waals surface area contributed by atoms with Crippen LogP contribution in [0.3, 0.4) is 0 Å². The smallest absolute Gasteiger partial charge is 0.223 e. The fourth-order valence-electron chi connectivity index (χ4n) is 2.23. The van der Waals surface area contributed by atoms with Crippen LogP contribution in [0, 0.1) is 5.92 Å². The quantitative estimate of drug-likeness (QED) is 0.846. The summed E-state index contributed by atoms with van der Waals surface area (Å²) in [6.07, 6.45) is 8.03. The normalized spacial score (nSPS) is 18.3. The summed E-state index contributed by atoms with van der Waals surface area (Å²) in [4.78, 5) is 16.0. The lowest BCUT2D eigenvalue weighted by Gasteiger charge is -2.16. The van der Waals surface area contributed by atoms with E-state index in [1.807, 2.05) is 19.1 Å². The van der Waals surface area contributed by atoms with Crippen LogP contribution in [0.5, 0.6) is 0 Å². The number of carbonyl (C=O) groups is 1. The molecule has 1 amide bonds. The van der Waals surface area contributed by atoms with Crippen LogP contribution in [0.2, 0.25) is 0 Å². The van der Waals surface area contributed by atoms with E-state index in [9.17, 15) is 4.79 Å². The van der Waals surface area contributed by atoms with E-state index in [0.717, 1.165) is 18.4 Å². The minimum Gasteiger partial charge on any atom is -0.349 e. The Kier molecular flexibility index (Phi) is 3.54. The van der Waals surface area contributed by atoms with Gasteiger partial charge in [0.15, 0.2) is 0 Å². The van der Waals surface area contributed by atoms with E-state index in [1.165, 1.54) is 12.8 Å². The molecule has 1 heterocycles. The van der Waals surface area contributed by atoms with Gasteiger partial charge in [0.25, 0.3) is 0 Å². The molecule has 1 N–H and O–H groups in total. The molecule has 1 atom stereocenters. The van der Waals surface area contributed by atoms with Crippen LogP contribution in [0.1, 0.15) is 44.2 Å². The van der Waals surface area contributed by atoms with Crippen LogP contribution in [0.25, 0.3) is 0 Å². The molecule has 0 aliphatic heterocycles. The largest absolute Gasteiger partial charge is 0.349 e. The monoisotopic (exact) mass is 218 g/mol. The van der Waals surface area contributed by atoms with Crippen molar-refractivity contribution in [3.8, 4) is 0 Å². The zero-order valence-electron chi connectivity index (χ0n) is 9.65. The maximum atomic E-state index is 11.9. The van der Waals surface area contributed by atoms with Crippen LogP contribution in [-0.4, -0.2) is 10.9 Å². The molecule has 0 bridgehead atoms. The lowest BCUT2D eigenvalue weighted by molar-refractivity contribution is -0.125. The summed E-state index contributed by atoms with van der Waals surface area (Å²) in [5.74, 6) is 0.438. The third kappa shape index (κ3) is 2.60. The zero-order chi connectivity index (χ0) is 11.4. The number of nitrogens with zero attached hydrogens (tertiary/aromatic N) is 1. The summed E-state index contributed by atoms with van der Waals surface area (Å²) in [5, 5.41) is 3.06.